The molecule has 1 aromatic carbocycles. The zero-order valence-corrected chi connectivity index (χ0v) is 28.9. The van der Waals surface area contributed by atoms with E-state index < -0.39 is 65.8 Å². The molecule has 2 aromatic heterocycles. The van der Waals surface area contributed by atoms with Gasteiger partial charge >= 0.3 is 0 Å². The summed E-state index contributed by atoms with van der Waals surface area (Å²) in [5, 5.41) is 26.1. The molecule has 2 aliphatic rings. The van der Waals surface area contributed by atoms with Crippen LogP contribution in [-0.4, -0.2) is 80.3 Å². The second-order valence-corrected chi connectivity index (χ2v) is 14.1. The Balaban J connectivity index is 1.52. The lowest BCUT2D eigenvalue weighted by Gasteiger charge is -2.31. The Morgan fingerprint density at radius 2 is 1.50 bits per heavy atom. The van der Waals surface area contributed by atoms with Crippen molar-refractivity contribution in [3.8, 4) is 0 Å². The molecular formula is C33H41N7O6S2. The predicted octanol–water partition coefficient (Wildman–Crippen LogP) is 2.51. The van der Waals surface area contributed by atoms with E-state index in [0.717, 1.165) is 5.56 Å². The maximum atomic E-state index is 14.1. The van der Waals surface area contributed by atoms with Gasteiger partial charge in [-0.25, -0.2) is 9.97 Å². The van der Waals surface area contributed by atoms with Crippen LogP contribution in [0.4, 0.5) is 0 Å². The summed E-state index contributed by atoms with van der Waals surface area (Å²) in [7, 11) is 0. The SMILES string of the molecule is CCC(C)[C@H]1NC(=O)C(C(C)O)NC(=O)C2CCCN2C(=O)C(Cc2ccccc2)NC(=O)c2csc(n2)C(C)NC(=O)c2csc1n2. The molecule has 6 unspecified atom stereocenters. The fraction of sp³-hybridized carbons (Fsp3) is 0.485. The highest BCUT2D eigenvalue weighted by Gasteiger charge is 2.40. The summed E-state index contributed by atoms with van der Waals surface area (Å²) >= 11 is 2.43. The smallest absolute Gasteiger partial charge is 0.271 e. The van der Waals surface area contributed by atoms with Gasteiger partial charge in [0.25, 0.3) is 11.8 Å². The summed E-state index contributed by atoms with van der Waals surface area (Å²) in [6, 6.07) is 4.83. The van der Waals surface area contributed by atoms with Crippen LogP contribution in [0.15, 0.2) is 41.1 Å². The van der Waals surface area contributed by atoms with Gasteiger partial charge in [-0.1, -0.05) is 50.6 Å². The van der Waals surface area contributed by atoms with E-state index in [9.17, 15) is 29.1 Å². The first-order valence-electron chi connectivity index (χ1n) is 16.1. The van der Waals surface area contributed by atoms with Crippen LogP contribution >= 0.6 is 22.7 Å². The Kier molecular flexibility index (Phi) is 11.2. The minimum absolute atomic E-state index is 0.0924. The van der Waals surface area contributed by atoms with Crippen molar-refractivity contribution in [2.24, 2.45) is 5.92 Å². The normalized spacial score (nSPS) is 25.6. The largest absolute Gasteiger partial charge is 0.391 e. The highest BCUT2D eigenvalue weighted by molar-refractivity contribution is 7.10. The molecule has 256 valence electrons. The first kappa shape index (κ1) is 35.1. The average Bonchev–Trinajstić information content (AvgIpc) is 3.86. The van der Waals surface area contributed by atoms with Crippen molar-refractivity contribution >= 4 is 52.2 Å². The van der Waals surface area contributed by atoms with Crippen LogP contribution in [0.2, 0.25) is 0 Å². The van der Waals surface area contributed by atoms with Crippen molar-refractivity contribution in [1.29, 1.82) is 0 Å². The third-order valence-electron chi connectivity index (χ3n) is 8.79. The number of rotatable bonds is 5. The van der Waals surface area contributed by atoms with Crippen molar-refractivity contribution in [2.75, 3.05) is 6.54 Å². The number of hydrogen-bond acceptors (Lipinski definition) is 10. The first-order valence-corrected chi connectivity index (χ1v) is 17.9. The van der Waals surface area contributed by atoms with Crippen LogP contribution in [0, 0.1) is 5.92 Å². The lowest BCUT2D eigenvalue weighted by atomic mass is 9.98. The molecule has 0 aliphatic carbocycles. The molecule has 0 saturated carbocycles. The summed E-state index contributed by atoms with van der Waals surface area (Å²) in [5.41, 5.74) is 1.07. The van der Waals surface area contributed by atoms with Gasteiger partial charge in [0.05, 0.1) is 18.2 Å². The number of carbonyl (C=O) groups excluding carboxylic acids is 5. The van der Waals surface area contributed by atoms with Crippen molar-refractivity contribution in [2.45, 2.75) is 89.7 Å². The van der Waals surface area contributed by atoms with Crippen LogP contribution in [0.1, 0.15) is 95.6 Å². The van der Waals surface area contributed by atoms with Gasteiger partial charge in [0.15, 0.2) is 0 Å². The molecule has 7 atom stereocenters. The Bertz CT molecular complexity index is 1640. The predicted molar refractivity (Wildman–Crippen MR) is 180 cm³/mol. The van der Waals surface area contributed by atoms with E-state index in [1.807, 2.05) is 44.2 Å². The van der Waals surface area contributed by atoms with E-state index in [-0.39, 0.29) is 30.3 Å². The number of thiazole rings is 2. The highest BCUT2D eigenvalue weighted by atomic mass is 32.1. The number of aliphatic hydroxyl groups excluding tert-OH is 1. The summed E-state index contributed by atoms with van der Waals surface area (Å²) < 4.78 is 0. The van der Waals surface area contributed by atoms with Gasteiger partial charge in [0, 0.05) is 23.7 Å². The molecule has 0 spiro atoms. The number of benzene rings is 1. The molecular weight excluding hydrogens is 655 g/mol. The Hall–Kier alpha value is -4.21. The third kappa shape index (κ3) is 7.90. The Labute approximate surface area is 286 Å². The quantitative estimate of drug-likeness (QED) is 0.270. The van der Waals surface area contributed by atoms with Crippen LogP contribution in [-0.2, 0) is 20.8 Å². The molecule has 5 N–H and O–H groups in total. The zero-order chi connectivity index (χ0) is 34.5. The van der Waals surface area contributed by atoms with Crippen molar-refractivity contribution in [3.63, 3.8) is 0 Å². The lowest BCUT2D eigenvalue weighted by Crippen LogP contribution is -2.59. The van der Waals surface area contributed by atoms with Gasteiger partial charge < -0.3 is 31.3 Å². The van der Waals surface area contributed by atoms with E-state index >= 15 is 0 Å². The van der Waals surface area contributed by atoms with Crippen LogP contribution in [0.5, 0.6) is 0 Å². The number of hydrogen-bond donors (Lipinski definition) is 5. The molecule has 1 fully saturated rings. The zero-order valence-electron chi connectivity index (χ0n) is 27.3. The van der Waals surface area contributed by atoms with E-state index in [4.69, 9.17) is 0 Å². The fourth-order valence-corrected chi connectivity index (χ4v) is 7.61. The Morgan fingerprint density at radius 1 is 0.875 bits per heavy atom. The van der Waals surface area contributed by atoms with Crippen molar-refractivity contribution in [1.82, 2.24) is 36.1 Å². The van der Waals surface area contributed by atoms with Gasteiger partial charge in [-0.2, -0.15) is 0 Å². The number of amides is 5. The van der Waals surface area contributed by atoms with Gasteiger partial charge in [0.2, 0.25) is 17.7 Å². The van der Waals surface area contributed by atoms with Gasteiger partial charge in [-0.15, -0.1) is 22.7 Å². The van der Waals surface area contributed by atoms with Gasteiger partial charge in [0.1, 0.15) is 39.5 Å². The molecule has 4 bridgehead atoms. The third-order valence-corrected chi connectivity index (χ3v) is 10.7. The minimum atomic E-state index is -1.32. The number of aliphatic hydroxyl groups is 1. The van der Waals surface area contributed by atoms with Crippen LogP contribution in [0.25, 0.3) is 0 Å². The van der Waals surface area contributed by atoms with Crippen molar-refractivity contribution < 1.29 is 29.1 Å². The number of nitrogens with one attached hydrogen (secondary N) is 4. The lowest BCUT2D eigenvalue weighted by molar-refractivity contribution is -0.141. The second kappa shape index (κ2) is 15.3. The maximum Gasteiger partial charge on any atom is 0.271 e. The van der Waals surface area contributed by atoms with E-state index in [0.29, 0.717) is 29.3 Å². The minimum Gasteiger partial charge on any atom is -0.391 e. The molecule has 3 aromatic rings. The van der Waals surface area contributed by atoms with Crippen LogP contribution < -0.4 is 21.3 Å². The summed E-state index contributed by atoms with van der Waals surface area (Å²) in [4.78, 5) is 78.6. The van der Waals surface area contributed by atoms with Crippen LogP contribution in [0.3, 0.4) is 0 Å². The topological polar surface area (TPSA) is 183 Å². The van der Waals surface area contributed by atoms with Gasteiger partial charge in [-0.3, -0.25) is 24.0 Å². The molecule has 1 saturated heterocycles. The maximum absolute atomic E-state index is 14.1. The monoisotopic (exact) mass is 695 g/mol. The molecule has 5 amide bonds. The van der Waals surface area contributed by atoms with E-state index in [1.54, 1.807) is 17.7 Å². The number of fused-ring (bicyclic) bond motifs is 5. The van der Waals surface area contributed by atoms with Crippen molar-refractivity contribution in [3.05, 3.63) is 68.1 Å². The summed E-state index contributed by atoms with van der Waals surface area (Å²) in [6.45, 7) is 7.34. The van der Waals surface area contributed by atoms with Gasteiger partial charge in [-0.05, 0) is 38.2 Å². The second-order valence-electron chi connectivity index (χ2n) is 12.3. The molecule has 2 aliphatic heterocycles. The first-order chi connectivity index (χ1) is 23.0. The molecule has 0 radical (unpaired) electrons. The molecule has 15 heteroatoms. The summed E-state index contributed by atoms with van der Waals surface area (Å²) in [6.07, 6.45) is 0.486. The van der Waals surface area contributed by atoms with E-state index in [2.05, 4.69) is 31.2 Å². The molecule has 48 heavy (non-hydrogen) atoms. The Morgan fingerprint density at radius 3 is 2.17 bits per heavy atom. The number of aromatic nitrogens is 2. The highest BCUT2D eigenvalue weighted by Crippen LogP contribution is 2.28. The average molecular weight is 696 g/mol. The fourth-order valence-electron chi connectivity index (χ4n) is 5.82. The molecule has 5 rings (SSSR count). The molecule has 4 heterocycles. The number of nitrogens with zero attached hydrogens (tertiary/aromatic N) is 3. The van der Waals surface area contributed by atoms with E-state index in [1.165, 1.54) is 34.5 Å². The summed E-state index contributed by atoms with van der Waals surface area (Å²) in [5.74, 6) is -2.75. The number of carbonyl (C=O) groups is 5. The molecule has 13 nitrogen and oxygen atoms in total. The standard InChI is InChI=1S/C33H41N7O6S2/c1-5-17(2)25-32-37-22(16-48-32)27(42)34-18(3)31-36-23(15-47-31)28(43)35-21(14-20-10-7-6-8-11-20)33(46)40-13-9-12-24(40)29(44)39-26(19(4)41)30(45)38-25/h6-8,10-11,15-19,21,24-26,41H,5,9,12-14H2,1-4H3,(H,34,42)(H,35,43)(H,38,45)(H,39,44)/t17?,18?,19?,21?,24?,25-,26?/m1/s1.